The van der Waals surface area contributed by atoms with Crippen LogP contribution in [0.3, 0.4) is 0 Å². The van der Waals surface area contributed by atoms with E-state index in [-0.39, 0.29) is 0 Å². The van der Waals surface area contributed by atoms with Crippen molar-refractivity contribution in [2.24, 2.45) is 11.8 Å². The van der Waals surface area contributed by atoms with Gasteiger partial charge in [-0.1, -0.05) is 0 Å². The van der Waals surface area contributed by atoms with Gasteiger partial charge in [0.05, 0.1) is 5.51 Å². The molecule has 3 nitrogen and oxygen atoms in total. The first kappa shape index (κ1) is 12.3. The summed E-state index contributed by atoms with van der Waals surface area (Å²) < 4.78 is 0. The molecular formula is C15H23N3S. The Bertz CT molecular complexity index is 438. The van der Waals surface area contributed by atoms with Crippen LogP contribution in [0.15, 0.2) is 11.7 Å². The van der Waals surface area contributed by atoms with Crippen molar-refractivity contribution >= 4 is 11.3 Å². The van der Waals surface area contributed by atoms with Crippen LogP contribution in [0.4, 0.5) is 0 Å². The Morgan fingerprint density at radius 2 is 2.26 bits per heavy atom. The van der Waals surface area contributed by atoms with Crippen LogP contribution >= 0.6 is 11.3 Å². The number of nitrogens with zero attached hydrogens (tertiary/aromatic N) is 2. The van der Waals surface area contributed by atoms with Crippen molar-refractivity contribution in [2.75, 3.05) is 13.1 Å². The fourth-order valence-electron chi connectivity index (χ4n) is 3.70. The summed E-state index contributed by atoms with van der Waals surface area (Å²) >= 11 is 1.80. The second kappa shape index (κ2) is 4.54. The lowest BCUT2D eigenvalue weighted by atomic mass is 9.90. The van der Waals surface area contributed by atoms with E-state index in [2.05, 4.69) is 22.1 Å². The van der Waals surface area contributed by atoms with E-state index >= 15 is 0 Å². The third-order valence-electron chi connectivity index (χ3n) is 5.20. The molecule has 1 saturated heterocycles. The number of hydrogen-bond donors (Lipinski definition) is 1. The van der Waals surface area contributed by atoms with Crippen LogP contribution in [0.25, 0.3) is 0 Å². The van der Waals surface area contributed by atoms with E-state index in [9.17, 15) is 0 Å². The maximum Gasteiger partial charge on any atom is 0.0794 e. The second-order valence-corrected chi connectivity index (χ2v) is 7.82. The minimum absolute atomic E-state index is 0.357. The maximum absolute atomic E-state index is 4.23. The summed E-state index contributed by atoms with van der Waals surface area (Å²) in [5, 5.41) is 3.88. The highest BCUT2D eigenvalue weighted by Crippen LogP contribution is 2.44. The molecule has 3 fully saturated rings. The second-order valence-electron chi connectivity index (χ2n) is 6.85. The predicted octanol–water partition coefficient (Wildman–Crippen LogP) is 2.50. The number of hydrogen-bond acceptors (Lipinski definition) is 4. The first-order chi connectivity index (χ1) is 9.24. The predicted molar refractivity (Wildman–Crippen MR) is 78.2 cm³/mol. The van der Waals surface area contributed by atoms with E-state index in [1.807, 2.05) is 11.7 Å². The Labute approximate surface area is 119 Å². The summed E-state index contributed by atoms with van der Waals surface area (Å²) in [6.07, 6.45) is 7.76. The highest BCUT2D eigenvalue weighted by Gasteiger charge is 2.48. The van der Waals surface area contributed by atoms with E-state index < -0.39 is 0 Å². The molecule has 1 aromatic rings. The maximum atomic E-state index is 4.23. The van der Waals surface area contributed by atoms with Gasteiger partial charge in [0.2, 0.25) is 0 Å². The Kier molecular flexibility index (Phi) is 2.94. The third kappa shape index (κ3) is 2.46. The van der Waals surface area contributed by atoms with Crippen molar-refractivity contribution in [3.63, 3.8) is 0 Å². The molecule has 0 bridgehead atoms. The topological polar surface area (TPSA) is 28.2 Å². The standard InChI is InChI=1S/C15H23N3S/c1-15(12-4-5-12)9-18(8-13-6-16-10-19-13)14(7-17-15)11-2-3-11/h6,10-12,14,17H,2-5,7-9H2,1H3. The van der Waals surface area contributed by atoms with E-state index in [4.69, 9.17) is 0 Å². The first-order valence-electron chi connectivity index (χ1n) is 7.61. The molecule has 0 radical (unpaired) electrons. The molecule has 0 spiro atoms. The van der Waals surface area contributed by atoms with E-state index in [1.54, 1.807) is 11.3 Å². The van der Waals surface area contributed by atoms with E-state index in [1.165, 1.54) is 43.6 Å². The van der Waals surface area contributed by atoms with E-state index in [0.29, 0.717) is 5.54 Å². The Balaban J connectivity index is 1.51. The van der Waals surface area contributed by atoms with Crippen molar-refractivity contribution in [1.82, 2.24) is 15.2 Å². The van der Waals surface area contributed by atoms with Gasteiger partial charge in [-0.2, -0.15) is 0 Å². The zero-order valence-corrected chi connectivity index (χ0v) is 12.5. The van der Waals surface area contributed by atoms with Gasteiger partial charge in [0.1, 0.15) is 0 Å². The van der Waals surface area contributed by atoms with Crippen LogP contribution in [-0.4, -0.2) is 34.6 Å². The monoisotopic (exact) mass is 277 g/mol. The molecule has 3 aliphatic rings. The van der Waals surface area contributed by atoms with Crippen molar-refractivity contribution in [2.45, 2.75) is 50.7 Å². The zero-order chi connectivity index (χ0) is 12.9. The quantitative estimate of drug-likeness (QED) is 0.916. The fraction of sp³-hybridized carbons (Fsp3) is 0.800. The number of aromatic nitrogens is 1. The van der Waals surface area contributed by atoms with Gasteiger partial charge in [0, 0.05) is 42.3 Å². The minimum Gasteiger partial charge on any atom is -0.308 e. The number of piperazine rings is 1. The molecule has 2 aliphatic carbocycles. The molecule has 1 N–H and O–H groups in total. The molecule has 1 aromatic heterocycles. The zero-order valence-electron chi connectivity index (χ0n) is 11.6. The molecule has 2 heterocycles. The molecular weight excluding hydrogens is 254 g/mol. The van der Waals surface area contributed by atoms with Crippen molar-refractivity contribution < 1.29 is 0 Å². The van der Waals surface area contributed by atoms with Crippen LogP contribution in [0.1, 0.15) is 37.5 Å². The Morgan fingerprint density at radius 1 is 1.42 bits per heavy atom. The lowest BCUT2D eigenvalue weighted by molar-refractivity contribution is 0.0586. The average Bonchev–Trinajstić information content (AvgIpc) is 3.29. The van der Waals surface area contributed by atoms with E-state index in [0.717, 1.165) is 24.4 Å². The van der Waals surface area contributed by atoms with Crippen LogP contribution in [-0.2, 0) is 6.54 Å². The number of rotatable bonds is 4. The van der Waals surface area contributed by atoms with Gasteiger partial charge in [-0.15, -0.1) is 11.3 Å². The molecule has 0 aromatic carbocycles. The SMILES string of the molecule is CC1(C2CC2)CN(Cc2cncs2)C(C2CC2)CN1. The van der Waals surface area contributed by atoms with Crippen LogP contribution < -0.4 is 5.32 Å². The molecule has 2 atom stereocenters. The van der Waals surface area contributed by atoms with Gasteiger partial charge in [-0.25, -0.2) is 0 Å². The largest absolute Gasteiger partial charge is 0.308 e. The average molecular weight is 277 g/mol. The number of thiazole rings is 1. The van der Waals surface area contributed by atoms with Gasteiger partial charge >= 0.3 is 0 Å². The molecule has 0 amide bonds. The van der Waals surface area contributed by atoms with Gasteiger partial charge in [-0.05, 0) is 44.4 Å². The molecule has 104 valence electrons. The van der Waals surface area contributed by atoms with Crippen molar-refractivity contribution in [1.29, 1.82) is 0 Å². The fourth-order valence-corrected chi connectivity index (χ4v) is 4.31. The highest BCUT2D eigenvalue weighted by molar-refractivity contribution is 7.09. The van der Waals surface area contributed by atoms with Gasteiger partial charge < -0.3 is 5.32 Å². The first-order valence-corrected chi connectivity index (χ1v) is 8.49. The molecule has 2 saturated carbocycles. The summed E-state index contributed by atoms with van der Waals surface area (Å²) in [6, 6.07) is 0.758. The molecule has 4 rings (SSSR count). The molecule has 2 unspecified atom stereocenters. The highest BCUT2D eigenvalue weighted by atomic mass is 32.1. The van der Waals surface area contributed by atoms with Crippen LogP contribution in [0, 0.1) is 11.8 Å². The third-order valence-corrected chi connectivity index (χ3v) is 5.97. The lowest BCUT2D eigenvalue weighted by Crippen LogP contribution is -2.64. The van der Waals surface area contributed by atoms with Gasteiger partial charge in [0.15, 0.2) is 0 Å². The summed E-state index contributed by atoms with van der Waals surface area (Å²) in [6.45, 7) is 5.95. The Morgan fingerprint density at radius 3 is 2.89 bits per heavy atom. The summed E-state index contributed by atoms with van der Waals surface area (Å²) in [4.78, 5) is 8.41. The summed E-state index contributed by atoms with van der Waals surface area (Å²) in [7, 11) is 0. The summed E-state index contributed by atoms with van der Waals surface area (Å²) in [5.41, 5.74) is 2.32. The normalized spacial score (nSPS) is 36.6. The Hall–Kier alpha value is -0.450. The van der Waals surface area contributed by atoms with Crippen molar-refractivity contribution in [3.8, 4) is 0 Å². The van der Waals surface area contributed by atoms with Crippen LogP contribution in [0.5, 0.6) is 0 Å². The van der Waals surface area contributed by atoms with Gasteiger partial charge in [-0.3, -0.25) is 9.88 Å². The summed E-state index contributed by atoms with van der Waals surface area (Å²) in [5.74, 6) is 1.86. The molecule has 19 heavy (non-hydrogen) atoms. The number of nitrogens with one attached hydrogen (secondary N) is 1. The molecule has 4 heteroatoms. The molecule has 1 aliphatic heterocycles. The van der Waals surface area contributed by atoms with Gasteiger partial charge in [0.25, 0.3) is 0 Å². The lowest BCUT2D eigenvalue weighted by Gasteiger charge is -2.47. The minimum atomic E-state index is 0.357. The van der Waals surface area contributed by atoms with Crippen molar-refractivity contribution in [3.05, 3.63) is 16.6 Å². The smallest absolute Gasteiger partial charge is 0.0794 e. The van der Waals surface area contributed by atoms with Crippen LogP contribution in [0.2, 0.25) is 0 Å².